The Hall–Kier alpha value is -0.120. The largest absolute Gasteiger partial charge is 0.375 e. The molecule has 1 aliphatic heterocycles. The minimum Gasteiger partial charge on any atom is -0.375 e. The zero-order valence-electron chi connectivity index (χ0n) is 15.3. The highest BCUT2D eigenvalue weighted by molar-refractivity contribution is 5.06. The van der Waals surface area contributed by atoms with E-state index in [4.69, 9.17) is 4.74 Å². The molecular weight excluding hydrogens is 260 g/mol. The molecule has 0 aromatic carbocycles. The Labute approximate surface area is 131 Å². The van der Waals surface area contributed by atoms with Crippen molar-refractivity contribution in [2.75, 3.05) is 26.2 Å². The minimum atomic E-state index is -0.0343. The molecule has 2 atom stereocenters. The zero-order valence-corrected chi connectivity index (χ0v) is 15.3. The molecule has 2 fully saturated rings. The molecule has 0 spiro atoms. The summed E-state index contributed by atoms with van der Waals surface area (Å²) in [5.41, 5.74) is 0.602. The maximum atomic E-state index is 5.98. The first-order valence-corrected chi connectivity index (χ1v) is 8.65. The Bertz CT molecular complexity index is 351. The summed E-state index contributed by atoms with van der Waals surface area (Å²) >= 11 is 0. The van der Waals surface area contributed by atoms with Crippen molar-refractivity contribution in [3.8, 4) is 0 Å². The van der Waals surface area contributed by atoms with Gasteiger partial charge in [0.15, 0.2) is 0 Å². The van der Waals surface area contributed by atoms with Gasteiger partial charge in [-0.1, -0.05) is 20.8 Å². The van der Waals surface area contributed by atoms with E-state index in [-0.39, 0.29) is 5.60 Å². The van der Waals surface area contributed by atoms with Gasteiger partial charge in [-0.15, -0.1) is 0 Å². The van der Waals surface area contributed by atoms with Gasteiger partial charge >= 0.3 is 0 Å². The van der Waals surface area contributed by atoms with Crippen molar-refractivity contribution < 1.29 is 4.74 Å². The third-order valence-electron chi connectivity index (χ3n) is 5.23. The van der Waals surface area contributed by atoms with Gasteiger partial charge in [0.1, 0.15) is 0 Å². The van der Waals surface area contributed by atoms with E-state index in [1.165, 1.54) is 12.8 Å². The predicted molar refractivity (Wildman–Crippen MR) is 89.7 cm³/mol. The summed E-state index contributed by atoms with van der Waals surface area (Å²) in [7, 11) is 0. The first-order chi connectivity index (χ1) is 9.52. The minimum absolute atomic E-state index is 0.0343. The molecular formula is C18H36N2O. The monoisotopic (exact) mass is 296 g/mol. The summed E-state index contributed by atoms with van der Waals surface area (Å²) in [6, 6.07) is 0.568. The van der Waals surface area contributed by atoms with Crippen molar-refractivity contribution in [3.63, 3.8) is 0 Å². The maximum Gasteiger partial charge on any atom is 0.0600 e. The van der Waals surface area contributed by atoms with Crippen LogP contribution in [0.5, 0.6) is 0 Å². The van der Waals surface area contributed by atoms with E-state index in [0.29, 0.717) is 17.0 Å². The lowest BCUT2D eigenvalue weighted by Crippen LogP contribution is -2.67. The summed E-state index contributed by atoms with van der Waals surface area (Å²) < 4.78 is 5.98. The zero-order chi connectivity index (χ0) is 15.9. The Morgan fingerprint density at radius 1 is 1.14 bits per heavy atom. The quantitative estimate of drug-likeness (QED) is 0.861. The van der Waals surface area contributed by atoms with Gasteiger partial charge in [0.05, 0.1) is 12.2 Å². The van der Waals surface area contributed by atoms with Crippen LogP contribution in [0.1, 0.15) is 61.3 Å². The summed E-state index contributed by atoms with van der Waals surface area (Å²) in [6.45, 7) is 20.1. The number of rotatable bonds is 4. The predicted octanol–water partition coefficient (Wildman–Crippen LogP) is 3.29. The molecule has 0 amide bonds. The molecule has 1 N–H and O–H groups in total. The van der Waals surface area contributed by atoms with Gasteiger partial charge in [0, 0.05) is 31.2 Å². The van der Waals surface area contributed by atoms with Crippen molar-refractivity contribution >= 4 is 0 Å². The number of hydrogen-bond acceptors (Lipinski definition) is 3. The van der Waals surface area contributed by atoms with Gasteiger partial charge < -0.3 is 10.1 Å². The molecule has 2 rings (SSSR count). The average molecular weight is 296 g/mol. The highest BCUT2D eigenvalue weighted by atomic mass is 16.5. The van der Waals surface area contributed by atoms with Crippen molar-refractivity contribution in [2.45, 2.75) is 78.5 Å². The van der Waals surface area contributed by atoms with Gasteiger partial charge in [0.2, 0.25) is 0 Å². The summed E-state index contributed by atoms with van der Waals surface area (Å²) in [5.74, 6) is 0.876. The molecule has 0 aromatic rings. The lowest BCUT2D eigenvalue weighted by Gasteiger charge is -2.51. The second-order valence-corrected chi connectivity index (χ2v) is 9.34. The fourth-order valence-corrected chi connectivity index (χ4v) is 3.43. The van der Waals surface area contributed by atoms with Crippen LogP contribution in [0.25, 0.3) is 0 Å². The van der Waals surface area contributed by atoms with E-state index >= 15 is 0 Å². The maximum absolute atomic E-state index is 5.98. The molecule has 0 aromatic heterocycles. The number of hydrogen-bond donors (Lipinski definition) is 1. The van der Waals surface area contributed by atoms with Crippen molar-refractivity contribution in [1.29, 1.82) is 0 Å². The Morgan fingerprint density at radius 3 is 2.24 bits per heavy atom. The average Bonchev–Trinajstić information content (AvgIpc) is 3.12. The molecule has 124 valence electrons. The SMILES string of the molecule is CC(C)(C)OCCN1CC(C(C)(C)C)NCC1(C)C1CC1. The molecule has 0 bridgehead atoms. The van der Waals surface area contributed by atoms with E-state index in [2.05, 4.69) is 58.7 Å². The Balaban J connectivity index is 1.99. The third kappa shape index (κ3) is 4.43. The second kappa shape index (κ2) is 5.82. The smallest absolute Gasteiger partial charge is 0.0600 e. The summed E-state index contributed by atoms with van der Waals surface area (Å²) in [4.78, 5) is 2.71. The Morgan fingerprint density at radius 2 is 1.76 bits per heavy atom. The highest BCUT2D eigenvalue weighted by Crippen LogP contribution is 2.44. The van der Waals surface area contributed by atoms with Crippen LogP contribution in [0, 0.1) is 11.3 Å². The lowest BCUT2D eigenvalue weighted by molar-refractivity contribution is -0.0477. The second-order valence-electron chi connectivity index (χ2n) is 9.34. The van der Waals surface area contributed by atoms with E-state index in [1.807, 2.05) is 0 Å². The summed E-state index contributed by atoms with van der Waals surface area (Å²) in [6.07, 6.45) is 2.80. The molecule has 0 radical (unpaired) electrons. The molecule has 21 heavy (non-hydrogen) atoms. The molecule has 1 aliphatic carbocycles. The van der Waals surface area contributed by atoms with Crippen molar-refractivity contribution in [3.05, 3.63) is 0 Å². The number of nitrogens with zero attached hydrogens (tertiary/aromatic N) is 1. The van der Waals surface area contributed by atoms with Gasteiger partial charge in [-0.25, -0.2) is 0 Å². The molecule has 3 heteroatoms. The summed E-state index contributed by atoms with van der Waals surface area (Å²) in [5, 5.41) is 3.83. The van der Waals surface area contributed by atoms with Crippen LogP contribution < -0.4 is 5.32 Å². The van der Waals surface area contributed by atoms with Crippen molar-refractivity contribution in [1.82, 2.24) is 10.2 Å². The normalized spacial score (nSPS) is 32.4. The molecule has 2 unspecified atom stereocenters. The molecule has 3 nitrogen and oxygen atoms in total. The lowest BCUT2D eigenvalue weighted by atomic mass is 9.81. The first-order valence-electron chi connectivity index (χ1n) is 8.65. The number of piperazine rings is 1. The van der Waals surface area contributed by atoms with Crippen LogP contribution in [0.15, 0.2) is 0 Å². The highest BCUT2D eigenvalue weighted by Gasteiger charge is 2.49. The van der Waals surface area contributed by atoms with Gasteiger partial charge in [-0.05, 0) is 51.9 Å². The number of nitrogens with one attached hydrogen (secondary N) is 1. The van der Waals surface area contributed by atoms with E-state index < -0.39 is 0 Å². The molecule has 2 aliphatic rings. The van der Waals surface area contributed by atoms with E-state index in [0.717, 1.165) is 32.2 Å². The molecule has 1 heterocycles. The van der Waals surface area contributed by atoms with Crippen LogP contribution >= 0.6 is 0 Å². The Kier molecular flexibility index (Phi) is 4.78. The van der Waals surface area contributed by atoms with Crippen LogP contribution in [-0.4, -0.2) is 48.3 Å². The van der Waals surface area contributed by atoms with Gasteiger partial charge in [0.25, 0.3) is 0 Å². The van der Waals surface area contributed by atoms with Gasteiger partial charge in [-0.2, -0.15) is 0 Å². The van der Waals surface area contributed by atoms with Crippen LogP contribution in [0.4, 0.5) is 0 Å². The van der Waals surface area contributed by atoms with E-state index in [1.54, 1.807) is 0 Å². The standard InChI is InChI=1S/C18H36N2O/c1-16(2,3)15-12-20(10-11-21-17(4,5)6)18(7,13-19-15)14-8-9-14/h14-15,19H,8-13H2,1-7H3. The molecule has 1 saturated heterocycles. The van der Waals surface area contributed by atoms with Crippen molar-refractivity contribution in [2.24, 2.45) is 11.3 Å². The molecule has 1 saturated carbocycles. The van der Waals surface area contributed by atoms with Crippen LogP contribution in [-0.2, 0) is 4.74 Å². The van der Waals surface area contributed by atoms with Crippen LogP contribution in [0.2, 0.25) is 0 Å². The fourth-order valence-electron chi connectivity index (χ4n) is 3.43. The first kappa shape index (κ1) is 17.2. The van der Waals surface area contributed by atoms with E-state index in [9.17, 15) is 0 Å². The number of ether oxygens (including phenoxy) is 1. The van der Waals surface area contributed by atoms with Gasteiger partial charge in [-0.3, -0.25) is 4.90 Å². The fraction of sp³-hybridized carbons (Fsp3) is 1.00. The third-order valence-corrected chi connectivity index (χ3v) is 5.23. The van der Waals surface area contributed by atoms with Crippen LogP contribution in [0.3, 0.4) is 0 Å². The topological polar surface area (TPSA) is 24.5 Å².